The van der Waals surface area contributed by atoms with Crippen molar-refractivity contribution in [3.63, 3.8) is 0 Å². The maximum absolute atomic E-state index is 6.87. The van der Waals surface area contributed by atoms with Crippen LogP contribution in [0.15, 0.2) is 152 Å². The van der Waals surface area contributed by atoms with Gasteiger partial charge in [-0.15, -0.1) is 11.3 Å². The summed E-state index contributed by atoms with van der Waals surface area (Å²) in [4.78, 5) is 2.72. The molecule has 74 heavy (non-hydrogen) atoms. The number of fused-ring (bicyclic) bond motifs is 13. The Balaban J connectivity index is 0.941. The summed E-state index contributed by atoms with van der Waals surface area (Å²) in [6, 6.07) is 58.4. The topological polar surface area (TPSA) is 26.6 Å². The molecule has 8 bridgehead atoms. The summed E-state index contributed by atoms with van der Waals surface area (Å²) in [7, 11) is 0. The number of thiophene rings is 1. The fourth-order valence-electron chi connectivity index (χ4n) is 19.0. The van der Waals surface area contributed by atoms with Crippen molar-refractivity contribution >= 4 is 82.5 Å². The van der Waals surface area contributed by atoms with Gasteiger partial charge in [-0.25, -0.2) is 0 Å². The Labute approximate surface area is 436 Å². The van der Waals surface area contributed by atoms with Crippen LogP contribution in [0.4, 0.5) is 11.4 Å². The van der Waals surface area contributed by atoms with Gasteiger partial charge in [-0.2, -0.15) is 0 Å². The van der Waals surface area contributed by atoms with E-state index in [-0.39, 0.29) is 12.3 Å². The van der Waals surface area contributed by atoms with Crippen molar-refractivity contribution < 1.29 is 9.47 Å². The molecule has 8 aromatic carbocycles. The predicted octanol–water partition coefficient (Wildman–Crippen LogP) is 16.9. The molecular weight excluding hydrogens is 920 g/mol. The van der Waals surface area contributed by atoms with Crippen molar-refractivity contribution in [1.82, 2.24) is 4.57 Å². The summed E-state index contributed by atoms with van der Waals surface area (Å²) < 4.78 is 19.2. The molecule has 21 rings (SSSR count). The highest BCUT2D eigenvalue weighted by Crippen LogP contribution is 2.64. The second-order valence-corrected chi connectivity index (χ2v) is 26.3. The van der Waals surface area contributed by atoms with Gasteiger partial charge in [0.2, 0.25) is 0 Å². The van der Waals surface area contributed by atoms with Crippen LogP contribution in [-0.2, 0) is 10.8 Å². The van der Waals surface area contributed by atoms with Gasteiger partial charge in [0.05, 0.1) is 21.4 Å². The van der Waals surface area contributed by atoms with Crippen molar-refractivity contribution in [2.24, 2.45) is 35.5 Å². The molecule has 0 amide bonds. The van der Waals surface area contributed by atoms with Crippen LogP contribution in [0, 0.1) is 35.5 Å². The molecule has 5 heterocycles. The number of hydrogen-bond donors (Lipinski definition) is 0. The van der Waals surface area contributed by atoms with Gasteiger partial charge in [0.15, 0.2) is 23.0 Å². The third-order valence-electron chi connectivity index (χ3n) is 21.1. The molecule has 3 aliphatic heterocycles. The third-order valence-corrected chi connectivity index (χ3v) is 22.3. The Kier molecular flexibility index (Phi) is 7.76. The van der Waals surface area contributed by atoms with Crippen LogP contribution in [0.2, 0.25) is 0 Å². The minimum Gasteiger partial charge on any atom is -0.449 e. The molecule has 0 unspecified atom stereocenters. The summed E-state index contributed by atoms with van der Waals surface area (Å²) in [5.74, 6) is 8.27. The van der Waals surface area contributed by atoms with Gasteiger partial charge in [-0.05, 0) is 223 Å². The number of anilines is 2. The van der Waals surface area contributed by atoms with E-state index in [1.807, 2.05) is 35.6 Å². The average molecular weight is 975 g/mol. The highest BCUT2D eigenvalue weighted by molar-refractivity contribution is 7.26. The Morgan fingerprint density at radius 2 is 1.07 bits per heavy atom. The van der Waals surface area contributed by atoms with Crippen LogP contribution in [0.25, 0.3) is 69.9 Å². The predicted molar refractivity (Wildman–Crippen MR) is 304 cm³/mol. The van der Waals surface area contributed by atoms with E-state index in [0.717, 1.165) is 64.2 Å². The number of hydrogen-bond acceptors (Lipinski definition) is 4. The van der Waals surface area contributed by atoms with Crippen molar-refractivity contribution in [3.8, 4) is 50.9 Å². The zero-order valence-corrected chi connectivity index (χ0v) is 42.4. The standard InChI is InChI=1S/C68H55BN2O2S/c1-2-8-44(9-3-1)45-14-17-48(18-15-45)71-57-31-61-60(72-58-11-5-6-12-59(58)73-61)30-51(57)52-29-54-49-10-4-7-13-62(49)74-66(54)65-63(52)69(71)55-28-47(68-35-41-23-42(36-68)25-43(24-41)37-68)27-53-50-26-46(16-19-56(50)70(65)64(53)55)67-32-38-20-39(33-67)22-40(21-38)34-67/h1-19,26-31,38-43H,20-25,32-37H2. The van der Waals surface area contributed by atoms with Crippen LogP contribution < -0.4 is 25.2 Å². The first-order chi connectivity index (χ1) is 36.5. The van der Waals surface area contributed by atoms with Gasteiger partial charge in [-0.3, -0.25) is 0 Å². The zero-order chi connectivity index (χ0) is 47.8. The van der Waals surface area contributed by atoms with Gasteiger partial charge in [-0.1, -0.05) is 84.9 Å². The fourth-order valence-corrected chi connectivity index (χ4v) is 20.3. The number of para-hydroxylation sites is 2. The quantitative estimate of drug-likeness (QED) is 0.164. The SMILES string of the molecule is c1ccc(-c2ccc(N3B4c5c(cc6c(sc7ccccc76)c5-n5c6ccc(C78CC9CC(CC(C9)C7)C8)cc6c6cc(C78CC9CC(CC(C9)C7)C8)cc4c65)-c4cc5c(cc43)Oc3ccccc3O5)cc2)cc1. The van der Waals surface area contributed by atoms with Gasteiger partial charge in [0.25, 0.3) is 0 Å². The Morgan fingerprint density at radius 1 is 0.473 bits per heavy atom. The Morgan fingerprint density at radius 3 is 1.76 bits per heavy atom. The molecule has 2 aromatic heterocycles. The molecule has 0 saturated heterocycles. The highest BCUT2D eigenvalue weighted by Gasteiger charge is 2.55. The molecule has 0 atom stereocenters. The number of ether oxygens (including phenoxy) is 2. The maximum atomic E-state index is 6.87. The van der Waals surface area contributed by atoms with Crippen molar-refractivity contribution in [1.29, 1.82) is 0 Å². The summed E-state index contributed by atoms with van der Waals surface area (Å²) in [5.41, 5.74) is 18.0. The smallest absolute Gasteiger partial charge is 0.333 e. The van der Waals surface area contributed by atoms with E-state index in [0.29, 0.717) is 5.41 Å². The minimum absolute atomic E-state index is 0.102. The molecule has 8 fully saturated rings. The highest BCUT2D eigenvalue weighted by atomic mass is 32.1. The largest absolute Gasteiger partial charge is 0.449 e. The maximum Gasteiger partial charge on any atom is 0.333 e. The lowest BCUT2D eigenvalue weighted by Crippen LogP contribution is -2.61. The van der Waals surface area contributed by atoms with Crippen LogP contribution in [0.3, 0.4) is 0 Å². The normalized spacial score (nSPS) is 27.9. The van der Waals surface area contributed by atoms with Gasteiger partial charge >= 0.3 is 6.85 Å². The molecule has 0 radical (unpaired) electrons. The molecule has 8 aliphatic carbocycles. The number of rotatable bonds is 4. The second kappa shape index (κ2) is 14.1. The molecule has 8 saturated carbocycles. The molecule has 0 spiro atoms. The Bertz CT molecular complexity index is 4060. The molecule has 4 nitrogen and oxygen atoms in total. The molecule has 10 aromatic rings. The van der Waals surface area contributed by atoms with Crippen LogP contribution in [0.5, 0.6) is 23.0 Å². The van der Waals surface area contributed by atoms with E-state index in [1.165, 1.54) is 164 Å². The number of nitrogens with zero attached hydrogens (tertiary/aromatic N) is 2. The monoisotopic (exact) mass is 974 g/mol. The summed E-state index contributed by atoms with van der Waals surface area (Å²) in [5, 5.41) is 5.61. The lowest BCUT2D eigenvalue weighted by Gasteiger charge is -2.57. The van der Waals surface area contributed by atoms with E-state index in [4.69, 9.17) is 9.47 Å². The first-order valence-corrected chi connectivity index (χ1v) is 29.0. The first-order valence-electron chi connectivity index (χ1n) is 28.2. The van der Waals surface area contributed by atoms with Crippen LogP contribution >= 0.6 is 11.3 Å². The lowest BCUT2D eigenvalue weighted by molar-refractivity contribution is -0.00526. The average Bonchev–Trinajstić information content (AvgIpc) is 4.09. The summed E-state index contributed by atoms with van der Waals surface area (Å²) in [6.45, 7) is -0.102. The minimum atomic E-state index is -0.102. The van der Waals surface area contributed by atoms with Crippen molar-refractivity contribution in [2.75, 3.05) is 4.81 Å². The number of aromatic nitrogens is 1. The Hall–Kier alpha value is -6.76. The lowest BCUT2D eigenvalue weighted by atomic mass is 9.42. The third kappa shape index (κ3) is 5.36. The van der Waals surface area contributed by atoms with E-state index < -0.39 is 0 Å². The van der Waals surface area contributed by atoms with E-state index >= 15 is 0 Å². The molecule has 358 valence electrons. The molecule has 11 aliphatic rings. The first kappa shape index (κ1) is 40.6. The van der Waals surface area contributed by atoms with Crippen molar-refractivity contribution in [2.45, 2.75) is 87.9 Å². The van der Waals surface area contributed by atoms with E-state index in [9.17, 15) is 0 Å². The van der Waals surface area contributed by atoms with Gasteiger partial charge in [0.1, 0.15) is 0 Å². The van der Waals surface area contributed by atoms with Crippen LogP contribution in [0.1, 0.15) is 88.2 Å². The van der Waals surface area contributed by atoms with Gasteiger partial charge < -0.3 is 18.9 Å². The molecule has 6 heteroatoms. The van der Waals surface area contributed by atoms with Crippen LogP contribution in [-0.4, -0.2) is 11.4 Å². The molecule has 0 N–H and O–H groups in total. The van der Waals surface area contributed by atoms with E-state index in [2.05, 4.69) is 137 Å². The summed E-state index contributed by atoms with van der Waals surface area (Å²) in [6.07, 6.45) is 16.9. The van der Waals surface area contributed by atoms with E-state index in [1.54, 1.807) is 11.1 Å². The number of benzene rings is 8. The van der Waals surface area contributed by atoms with Crippen molar-refractivity contribution in [3.05, 3.63) is 163 Å². The van der Waals surface area contributed by atoms with Gasteiger partial charge in [0, 0.05) is 49.2 Å². The fraction of sp³-hybridized carbons (Fsp3) is 0.294. The summed E-state index contributed by atoms with van der Waals surface area (Å²) >= 11 is 1.98. The zero-order valence-electron chi connectivity index (χ0n) is 41.6. The second-order valence-electron chi connectivity index (χ2n) is 25.2. The molecular formula is C68H55BN2O2S.